The number of benzene rings is 1. The van der Waals surface area contributed by atoms with E-state index in [9.17, 15) is 4.79 Å². The summed E-state index contributed by atoms with van der Waals surface area (Å²) in [4.78, 5) is 13.6. The summed E-state index contributed by atoms with van der Waals surface area (Å²) in [5, 5.41) is 0. The molecule has 0 aliphatic carbocycles. The number of hydrogen-bond acceptors (Lipinski definition) is 1. The van der Waals surface area contributed by atoms with Crippen molar-refractivity contribution in [3.05, 3.63) is 34.9 Å². The standard InChI is InChI=1S/C18H27NO/c1-12(2)17(13(3)4)9-14-6-7-15-10-18(20)19(5)11-16(15)8-14/h6-8,12-13,17H,9-11H2,1-5H3. The fraction of sp³-hybridized carbons (Fsp3) is 0.611. The second kappa shape index (κ2) is 5.99. The van der Waals surface area contributed by atoms with Gasteiger partial charge in [-0.25, -0.2) is 0 Å². The molecule has 1 aliphatic rings. The Hall–Kier alpha value is -1.31. The first-order valence-corrected chi connectivity index (χ1v) is 7.73. The van der Waals surface area contributed by atoms with E-state index < -0.39 is 0 Å². The minimum Gasteiger partial charge on any atom is -0.341 e. The van der Waals surface area contributed by atoms with E-state index in [1.54, 1.807) is 0 Å². The predicted molar refractivity (Wildman–Crippen MR) is 83.5 cm³/mol. The van der Waals surface area contributed by atoms with Gasteiger partial charge in [0.1, 0.15) is 0 Å². The highest BCUT2D eigenvalue weighted by Crippen LogP contribution is 2.27. The third kappa shape index (κ3) is 3.23. The quantitative estimate of drug-likeness (QED) is 0.819. The van der Waals surface area contributed by atoms with Gasteiger partial charge in [-0.2, -0.15) is 0 Å². The number of carbonyl (C=O) groups is 1. The Bertz CT molecular complexity index is 482. The lowest BCUT2D eigenvalue weighted by atomic mass is 9.80. The second-order valence-corrected chi connectivity index (χ2v) is 6.89. The summed E-state index contributed by atoms with van der Waals surface area (Å²) < 4.78 is 0. The van der Waals surface area contributed by atoms with Crippen molar-refractivity contribution < 1.29 is 4.79 Å². The van der Waals surface area contributed by atoms with Crippen LogP contribution in [0, 0.1) is 17.8 Å². The van der Waals surface area contributed by atoms with Crippen molar-refractivity contribution in [2.24, 2.45) is 17.8 Å². The lowest BCUT2D eigenvalue weighted by Gasteiger charge is -2.28. The summed E-state index contributed by atoms with van der Waals surface area (Å²) in [6.07, 6.45) is 1.70. The average Bonchev–Trinajstić information content (AvgIpc) is 2.36. The fourth-order valence-corrected chi connectivity index (χ4v) is 3.28. The van der Waals surface area contributed by atoms with Gasteiger partial charge < -0.3 is 4.90 Å². The third-order valence-electron chi connectivity index (χ3n) is 4.63. The van der Waals surface area contributed by atoms with Crippen LogP contribution in [0.4, 0.5) is 0 Å². The Balaban J connectivity index is 2.19. The third-order valence-corrected chi connectivity index (χ3v) is 4.63. The summed E-state index contributed by atoms with van der Waals surface area (Å²) in [5.41, 5.74) is 3.96. The Labute approximate surface area is 123 Å². The van der Waals surface area contributed by atoms with Crippen LogP contribution in [0.3, 0.4) is 0 Å². The largest absolute Gasteiger partial charge is 0.341 e. The van der Waals surface area contributed by atoms with E-state index in [4.69, 9.17) is 0 Å². The first-order chi connectivity index (χ1) is 9.38. The highest BCUT2D eigenvalue weighted by atomic mass is 16.2. The number of rotatable bonds is 4. The molecule has 2 rings (SSSR count). The molecule has 20 heavy (non-hydrogen) atoms. The van der Waals surface area contributed by atoms with E-state index >= 15 is 0 Å². The van der Waals surface area contributed by atoms with Crippen LogP contribution < -0.4 is 0 Å². The minimum atomic E-state index is 0.229. The molecule has 0 saturated heterocycles. The van der Waals surface area contributed by atoms with E-state index in [-0.39, 0.29) is 5.91 Å². The predicted octanol–water partition coefficient (Wildman–Crippen LogP) is 3.67. The van der Waals surface area contributed by atoms with Gasteiger partial charge in [0.2, 0.25) is 5.91 Å². The van der Waals surface area contributed by atoms with E-state index in [2.05, 4.69) is 45.9 Å². The van der Waals surface area contributed by atoms with Crippen molar-refractivity contribution in [1.82, 2.24) is 4.90 Å². The van der Waals surface area contributed by atoms with Gasteiger partial charge in [0, 0.05) is 13.6 Å². The first-order valence-electron chi connectivity index (χ1n) is 7.73. The van der Waals surface area contributed by atoms with Crippen LogP contribution in [0.15, 0.2) is 18.2 Å². The van der Waals surface area contributed by atoms with Gasteiger partial charge in [0.25, 0.3) is 0 Å². The molecule has 0 aromatic heterocycles. The Morgan fingerprint density at radius 2 is 1.75 bits per heavy atom. The van der Waals surface area contributed by atoms with Crippen molar-refractivity contribution >= 4 is 5.91 Å². The summed E-state index contributed by atoms with van der Waals surface area (Å²) >= 11 is 0. The number of nitrogens with zero attached hydrogens (tertiary/aromatic N) is 1. The average molecular weight is 273 g/mol. The molecule has 1 amide bonds. The first kappa shape index (κ1) is 15.1. The SMILES string of the molecule is CC(C)C(Cc1ccc2c(c1)CN(C)C(=O)C2)C(C)C. The number of amides is 1. The number of hydrogen-bond donors (Lipinski definition) is 0. The van der Waals surface area contributed by atoms with Crippen LogP contribution >= 0.6 is 0 Å². The topological polar surface area (TPSA) is 20.3 Å². The van der Waals surface area contributed by atoms with E-state index in [1.807, 2.05) is 11.9 Å². The highest BCUT2D eigenvalue weighted by molar-refractivity contribution is 5.80. The molecule has 0 spiro atoms. The van der Waals surface area contributed by atoms with Crippen LogP contribution in [0.1, 0.15) is 44.4 Å². The Morgan fingerprint density at radius 1 is 1.10 bits per heavy atom. The molecule has 0 saturated carbocycles. The van der Waals surface area contributed by atoms with E-state index in [0.717, 1.165) is 18.9 Å². The molecule has 2 nitrogen and oxygen atoms in total. The van der Waals surface area contributed by atoms with Crippen molar-refractivity contribution in [3.8, 4) is 0 Å². The summed E-state index contributed by atoms with van der Waals surface area (Å²) in [7, 11) is 1.89. The zero-order valence-electron chi connectivity index (χ0n) is 13.4. The Morgan fingerprint density at radius 3 is 2.35 bits per heavy atom. The van der Waals surface area contributed by atoms with Gasteiger partial charge in [-0.05, 0) is 40.9 Å². The molecule has 0 fully saturated rings. The van der Waals surface area contributed by atoms with Gasteiger partial charge >= 0.3 is 0 Å². The number of carbonyl (C=O) groups excluding carboxylic acids is 1. The molecule has 1 aliphatic heterocycles. The molecular weight excluding hydrogens is 246 g/mol. The molecule has 1 heterocycles. The fourth-order valence-electron chi connectivity index (χ4n) is 3.28. The zero-order chi connectivity index (χ0) is 14.9. The van der Waals surface area contributed by atoms with Gasteiger partial charge in [0.05, 0.1) is 6.42 Å². The van der Waals surface area contributed by atoms with Gasteiger partial charge in [0.15, 0.2) is 0 Å². The van der Waals surface area contributed by atoms with E-state index in [0.29, 0.717) is 18.3 Å². The lowest BCUT2D eigenvalue weighted by Crippen LogP contribution is -2.32. The maximum Gasteiger partial charge on any atom is 0.227 e. The second-order valence-electron chi connectivity index (χ2n) is 6.89. The molecule has 1 aromatic carbocycles. The lowest BCUT2D eigenvalue weighted by molar-refractivity contribution is -0.130. The molecular formula is C18H27NO. The zero-order valence-corrected chi connectivity index (χ0v) is 13.4. The smallest absolute Gasteiger partial charge is 0.227 e. The van der Waals surface area contributed by atoms with Gasteiger partial charge in [-0.1, -0.05) is 45.9 Å². The molecule has 0 unspecified atom stereocenters. The van der Waals surface area contributed by atoms with Crippen molar-refractivity contribution in [2.45, 2.75) is 47.1 Å². The van der Waals surface area contributed by atoms with Crippen LogP contribution in [0.5, 0.6) is 0 Å². The molecule has 0 atom stereocenters. The van der Waals surface area contributed by atoms with Gasteiger partial charge in [-0.15, -0.1) is 0 Å². The van der Waals surface area contributed by atoms with Crippen molar-refractivity contribution in [1.29, 1.82) is 0 Å². The van der Waals surface area contributed by atoms with E-state index in [1.165, 1.54) is 16.7 Å². The minimum absolute atomic E-state index is 0.229. The maximum atomic E-state index is 11.7. The van der Waals surface area contributed by atoms with Crippen LogP contribution in [-0.2, 0) is 24.2 Å². The van der Waals surface area contributed by atoms with Crippen molar-refractivity contribution in [2.75, 3.05) is 7.05 Å². The van der Waals surface area contributed by atoms with Crippen LogP contribution in [0.25, 0.3) is 0 Å². The monoisotopic (exact) mass is 273 g/mol. The maximum absolute atomic E-state index is 11.7. The summed E-state index contributed by atoms with van der Waals surface area (Å²) in [6.45, 7) is 10.0. The molecule has 2 heteroatoms. The summed E-state index contributed by atoms with van der Waals surface area (Å²) in [6, 6.07) is 6.69. The molecule has 0 bridgehead atoms. The highest BCUT2D eigenvalue weighted by Gasteiger charge is 2.22. The van der Waals surface area contributed by atoms with Gasteiger partial charge in [-0.3, -0.25) is 4.79 Å². The Kier molecular flexibility index (Phi) is 4.52. The van der Waals surface area contributed by atoms with Crippen LogP contribution in [-0.4, -0.2) is 17.9 Å². The summed E-state index contributed by atoms with van der Waals surface area (Å²) in [5.74, 6) is 2.36. The molecule has 1 aromatic rings. The van der Waals surface area contributed by atoms with Crippen LogP contribution in [0.2, 0.25) is 0 Å². The normalized spacial score (nSPS) is 15.4. The van der Waals surface area contributed by atoms with Crippen molar-refractivity contribution in [3.63, 3.8) is 0 Å². The molecule has 110 valence electrons. The molecule has 0 radical (unpaired) electrons. The number of likely N-dealkylation sites (N-methyl/N-ethyl adjacent to an activating group) is 1. The molecule has 0 N–H and O–H groups in total. The number of fused-ring (bicyclic) bond motifs is 1.